The third kappa shape index (κ3) is 4.59. The van der Waals surface area contributed by atoms with Crippen molar-refractivity contribution < 1.29 is 23.6 Å². The van der Waals surface area contributed by atoms with Crippen LogP contribution in [0.1, 0.15) is 53.9 Å². The summed E-state index contributed by atoms with van der Waals surface area (Å²) in [7, 11) is 0. The van der Waals surface area contributed by atoms with Crippen LogP contribution in [0.3, 0.4) is 0 Å². The molecule has 142 valence electrons. The van der Waals surface area contributed by atoms with Gasteiger partial charge in [0, 0.05) is 25.5 Å². The number of allylic oxidation sites excluding steroid dienone is 4. The largest absolute Gasteiger partial charge is 0.391 e. The molecule has 0 bridgehead atoms. The van der Waals surface area contributed by atoms with Crippen LogP contribution < -0.4 is 5.32 Å². The number of aryl methyl sites for hydroxylation is 1. The van der Waals surface area contributed by atoms with E-state index in [0.29, 0.717) is 49.7 Å². The second-order valence-corrected chi connectivity index (χ2v) is 6.74. The first-order chi connectivity index (χ1) is 12.7. The number of aliphatic hydroxyl groups excluding tert-OH is 1. The predicted molar refractivity (Wildman–Crippen MR) is 93.1 cm³/mol. The maximum atomic E-state index is 13.7. The van der Waals surface area contributed by atoms with Crippen molar-refractivity contribution in [3.63, 3.8) is 0 Å². The Balaban J connectivity index is 1.54. The molecule has 1 aliphatic carbocycles. The van der Waals surface area contributed by atoms with Crippen molar-refractivity contribution in [1.82, 2.24) is 10.5 Å². The van der Waals surface area contributed by atoms with Crippen LogP contribution in [-0.4, -0.2) is 35.9 Å². The number of carbonyl (C=O) groups excluding carboxylic acids is 1. The van der Waals surface area contributed by atoms with E-state index in [1.54, 1.807) is 6.08 Å². The maximum Gasteiger partial charge on any atom is 0.273 e. The fraction of sp³-hybridized carbons (Fsp3) is 0.579. The lowest BCUT2D eigenvalue weighted by Crippen LogP contribution is -2.30. The number of amides is 1. The van der Waals surface area contributed by atoms with Crippen LogP contribution in [0.2, 0.25) is 0 Å². The highest BCUT2D eigenvalue weighted by molar-refractivity contribution is 5.93. The van der Waals surface area contributed by atoms with Gasteiger partial charge in [-0.25, -0.2) is 4.39 Å². The van der Waals surface area contributed by atoms with Crippen LogP contribution in [0.15, 0.2) is 28.1 Å². The van der Waals surface area contributed by atoms with E-state index in [2.05, 4.69) is 10.5 Å². The minimum atomic E-state index is -0.347. The molecule has 7 heteroatoms. The molecule has 1 fully saturated rings. The van der Waals surface area contributed by atoms with E-state index in [9.17, 15) is 14.3 Å². The Morgan fingerprint density at radius 1 is 1.35 bits per heavy atom. The van der Waals surface area contributed by atoms with Gasteiger partial charge >= 0.3 is 0 Å². The zero-order valence-electron chi connectivity index (χ0n) is 14.8. The molecule has 0 aromatic carbocycles. The minimum absolute atomic E-state index is 0.129. The highest BCUT2D eigenvalue weighted by atomic mass is 19.1. The molecule has 1 amide bonds. The molecule has 1 aromatic rings. The van der Waals surface area contributed by atoms with E-state index in [1.165, 1.54) is 0 Å². The smallest absolute Gasteiger partial charge is 0.273 e. The Labute approximate surface area is 152 Å². The predicted octanol–water partition coefficient (Wildman–Crippen LogP) is 2.83. The average molecular weight is 364 g/mol. The summed E-state index contributed by atoms with van der Waals surface area (Å²) >= 11 is 0. The number of aromatic nitrogens is 1. The molecular formula is C19H25FN2O4. The number of hydrogen-bond donors (Lipinski definition) is 2. The molecule has 1 unspecified atom stereocenters. The second-order valence-electron chi connectivity index (χ2n) is 6.74. The molecule has 2 N–H and O–H groups in total. The molecule has 0 saturated carbocycles. The van der Waals surface area contributed by atoms with E-state index >= 15 is 0 Å². The van der Waals surface area contributed by atoms with Crippen LogP contribution in [0.4, 0.5) is 4.39 Å². The maximum absolute atomic E-state index is 13.7. The number of nitrogens with zero attached hydrogens (tertiary/aromatic N) is 1. The highest BCUT2D eigenvalue weighted by Gasteiger charge is 2.23. The number of hydrogen-bond acceptors (Lipinski definition) is 5. The van der Waals surface area contributed by atoms with Crippen LogP contribution in [-0.2, 0) is 17.8 Å². The zero-order chi connectivity index (χ0) is 18.4. The molecule has 2 aliphatic rings. The van der Waals surface area contributed by atoms with E-state index in [-0.39, 0.29) is 24.0 Å². The van der Waals surface area contributed by atoms with Crippen LogP contribution in [0.25, 0.3) is 0 Å². The summed E-state index contributed by atoms with van der Waals surface area (Å²) in [4.78, 5) is 12.3. The quantitative estimate of drug-likeness (QED) is 0.741. The summed E-state index contributed by atoms with van der Waals surface area (Å²) in [6.45, 7) is 1.58. The van der Waals surface area contributed by atoms with Gasteiger partial charge in [0.1, 0.15) is 11.6 Å². The third-order valence-electron chi connectivity index (χ3n) is 4.86. The molecule has 3 rings (SSSR count). The fourth-order valence-electron chi connectivity index (χ4n) is 3.30. The topological polar surface area (TPSA) is 84.6 Å². The van der Waals surface area contributed by atoms with Gasteiger partial charge in [-0.05, 0) is 43.8 Å². The molecule has 1 atom stereocenters. The van der Waals surface area contributed by atoms with Crippen molar-refractivity contribution in [3.8, 4) is 0 Å². The van der Waals surface area contributed by atoms with Gasteiger partial charge in [0.2, 0.25) is 0 Å². The first-order valence-electron chi connectivity index (χ1n) is 9.18. The monoisotopic (exact) mass is 364 g/mol. The number of nitrogens with one attached hydrogen (secondary N) is 1. The molecule has 6 nitrogen and oxygen atoms in total. The van der Waals surface area contributed by atoms with Gasteiger partial charge in [-0.15, -0.1) is 0 Å². The number of rotatable bonds is 8. The van der Waals surface area contributed by atoms with Gasteiger partial charge in [-0.2, -0.15) is 0 Å². The summed E-state index contributed by atoms with van der Waals surface area (Å²) in [6, 6.07) is 0. The van der Waals surface area contributed by atoms with Crippen molar-refractivity contribution in [3.05, 3.63) is 40.6 Å². The first kappa shape index (κ1) is 18.8. The molecule has 1 saturated heterocycles. The van der Waals surface area contributed by atoms with Crippen molar-refractivity contribution in [2.45, 2.75) is 45.1 Å². The van der Waals surface area contributed by atoms with Crippen molar-refractivity contribution in [2.24, 2.45) is 5.92 Å². The third-order valence-corrected chi connectivity index (χ3v) is 4.86. The van der Waals surface area contributed by atoms with Gasteiger partial charge in [0.05, 0.1) is 18.8 Å². The summed E-state index contributed by atoms with van der Waals surface area (Å²) in [5, 5.41) is 16.3. The minimum Gasteiger partial charge on any atom is -0.391 e. The highest BCUT2D eigenvalue weighted by Crippen LogP contribution is 2.25. The first-order valence-corrected chi connectivity index (χ1v) is 9.18. The average Bonchev–Trinajstić information content (AvgIpc) is 3.30. The van der Waals surface area contributed by atoms with Crippen molar-refractivity contribution in [2.75, 3.05) is 19.8 Å². The van der Waals surface area contributed by atoms with Crippen LogP contribution in [0, 0.1) is 5.92 Å². The molecule has 1 aromatic heterocycles. The lowest BCUT2D eigenvalue weighted by Gasteiger charge is -2.09. The summed E-state index contributed by atoms with van der Waals surface area (Å²) < 4.78 is 24.3. The number of carbonyl (C=O) groups is 1. The number of aliphatic hydroxyl groups is 1. The molecule has 0 radical (unpaired) electrons. The van der Waals surface area contributed by atoms with Crippen LogP contribution in [0.5, 0.6) is 0 Å². The molecule has 26 heavy (non-hydrogen) atoms. The normalized spacial score (nSPS) is 20.0. The Morgan fingerprint density at radius 2 is 2.19 bits per heavy atom. The molecule has 2 heterocycles. The van der Waals surface area contributed by atoms with E-state index in [4.69, 9.17) is 9.26 Å². The summed E-state index contributed by atoms with van der Waals surface area (Å²) in [5.74, 6) is 0.310. The van der Waals surface area contributed by atoms with Gasteiger partial charge in [0.25, 0.3) is 5.91 Å². The SMILES string of the molecule is O=C(NCC1CCOC1)c1noc(CCCC2=CCCC=C2F)c1CO. The van der Waals surface area contributed by atoms with Crippen LogP contribution >= 0.6 is 0 Å². The van der Waals surface area contributed by atoms with Crippen molar-refractivity contribution >= 4 is 5.91 Å². The molecule has 1 aliphatic heterocycles. The summed E-state index contributed by atoms with van der Waals surface area (Å²) in [5.41, 5.74) is 1.27. The lowest BCUT2D eigenvalue weighted by atomic mass is 9.99. The van der Waals surface area contributed by atoms with Gasteiger partial charge in [0.15, 0.2) is 5.69 Å². The standard InChI is InChI=1S/C19H25FN2O4/c20-16-6-2-1-4-14(16)5-3-7-17-15(11-23)18(22-26-17)19(24)21-10-13-8-9-25-12-13/h4,6,13,23H,1-3,5,7-12H2,(H,21,24). The Kier molecular flexibility index (Phi) is 6.57. The molecule has 0 spiro atoms. The second kappa shape index (κ2) is 9.09. The van der Waals surface area contributed by atoms with E-state index in [0.717, 1.165) is 31.4 Å². The lowest BCUT2D eigenvalue weighted by molar-refractivity contribution is 0.0933. The Bertz CT molecular complexity index is 690. The molecular weight excluding hydrogens is 339 g/mol. The van der Waals surface area contributed by atoms with Crippen molar-refractivity contribution in [1.29, 1.82) is 0 Å². The zero-order valence-corrected chi connectivity index (χ0v) is 14.8. The van der Waals surface area contributed by atoms with E-state index in [1.807, 2.05) is 6.08 Å². The Hall–Kier alpha value is -1.99. The summed E-state index contributed by atoms with van der Waals surface area (Å²) in [6.07, 6.45) is 7.83. The number of ether oxygens (including phenoxy) is 1. The van der Waals surface area contributed by atoms with Gasteiger partial charge in [-0.3, -0.25) is 4.79 Å². The van der Waals surface area contributed by atoms with Gasteiger partial charge < -0.3 is 19.7 Å². The number of halogens is 1. The Morgan fingerprint density at radius 3 is 2.92 bits per heavy atom. The van der Waals surface area contributed by atoms with Gasteiger partial charge in [-0.1, -0.05) is 11.2 Å². The van der Waals surface area contributed by atoms with E-state index < -0.39 is 0 Å². The fourth-order valence-corrected chi connectivity index (χ4v) is 3.30.